The van der Waals surface area contributed by atoms with E-state index in [4.69, 9.17) is 28.5 Å². The van der Waals surface area contributed by atoms with Crippen molar-refractivity contribution in [3.63, 3.8) is 0 Å². The summed E-state index contributed by atoms with van der Waals surface area (Å²) in [5.41, 5.74) is 7.92. The smallest absolute Gasteiger partial charge is 0.355 e. The number of hydrazine groups is 1. The van der Waals surface area contributed by atoms with E-state index >= 15 is 0 Å². The number of ketones is 1. The first-order valence-corrected chi connectivity index (χ1v) is 10.7. The van der Waals surface area contributed by atoms with E-state index in [1.807, 2.05) is 0 Å². The lowest BCUT2D eigenvalue weighted by molar-refractivity contribution is -0.136. The molecule has 0 aliphatic carbocycles. The zero-order chi connectivity index (χ0) is 27.1. The van der Waals surface area contributed by atoms with Crippen molar-refractivity contribution < 1.29 is 23.9 Å². The number of methoxy groups -OCH3 is 1. The molecule has 0 bridgehead atoms. The van der Waals surface area contributed by atoms with Crippen LogP contribution in [0.15, 0.2) is 58.4 Å². The highest BCUT2D eigenvalue weighted by molar-refractivity contribution is 7.80. The molecule has 0 aliphatic rings. The third kappa shape index (κ3) is 5.98. The summed E-state index contributed by atoms with van der Waals surface area (Å²) >= 11 is 4.83. The van der Waals surface area contributed by atoms with E-state index in [1.54, 1.807) is 24.3 Å². The Bertz CT molecular complexity index is 1500. The Morgan fingerprint density at radius 2 is 1.78 bits per heavy atom. The van der Waals surface area contributed by atoms with Crippen LogP contribution in [0.1, 0.15) is 22.0 Å². The molecule has 15 heteroatoms. The highest BCUT2D eigenvalue weighted by Crippen LogP contribution is 2.20. The van der Waals surface area contributed by atoms with Crippen LogP contribution >= 0.6 is 12.2 Å². The molecule has 3 rings (SSSR count). The molecule has 0 spiro atoms. The van der Waals surface area contributed by atoms with Crippen LogP contribution in [-0.4, -0.2) is 51.5 Å². The molecular formula is C22H20N8O6S. The average Bonchev–Trinajstić information content (AvgIpc) is 2.90. The second kappa shape index (κ2) is 11.6. The number of H-pyrrole nitrogens is 1. The van der Waals surface area contributed by atoms with Gasteiger partial charge in [-0.05, 0) is 36.5 Å². The van der Waals surface area contributed by atoms with Gasteiger partial charge in [0.25, 0.3) is 17.4 Å². The van der Waals surface area contributed by atoms with Gasteiger partial charge in [0.2, 0.25) is 10.9 Å². The highest BCUT2D eigenvalue weighted by Gasteiger charge is 2.39. The Kier molecular flexibility index (Phi) is 8.34. The predicted molar refractivity (Wildman–Crippen MR) is 136 cm³/mol. The molecule has 0 radical (unpaired) electrons. The standard InChI is InChI=1S/C22H20N8O6S/c1-36-21(35)16(29-30-22(37)28-24)14(15-19(33)27-13-9-5-4-8-12(13)25-15)17(31)20(34)26-11-7-3-2-6-10(11)18(23)32/h2-9,14H,24H2,1H3,(H2,23,32)(H,26,34)(H,27,33)(H2,28,30,37)/b29-16+. The van der Waals surface area contributed by atoms with E-state index in [0.29, 0.717) is 5.52 Å². The molecule has 3 aromatic rings. The molecule has 190 valence electrons. The summed E-state index contributed by atoms with van der Waals surface area (Å²) in [5, 5.41) is 5.77. The number of hydrazone groups is 1. The van der Waals surface area contributed by atoms with Crippen LogP contribution in [0.2, 0.25) is 0 Å². The number of para-hydroxylation sites is 3. The van der Waals surface area contributed by atoms with E-state index in [0.717, 1.165) is 7.11 Å². The number of carbonyl (C=O) groups excluding carboxylic acids is 4. The summed E-state index contributed by atoms with van der Waals surface area (Å²) in [6.07, 6.45) is 0. The number of amides is 2. The van der Waals surface area contributed by atoms with Crippen LogP contribution in [0.5, 0.6) is 0 Å². The number of nitrogens with one attached hydrogen (secondary N) is 4. The molecule has 0 saturated carbocycles. The maximum atomic E-state index is 13.5. The highest BCUT2D eigenvalue weighted by atomic mass is 32.1. The number of fused-ring (bicyclic) bond motifs is 1. The first-order chi connectivity index (χ1) is 17.7. The van der Waals surface area contributed by atoms with Crippen molar-refractivity contribution >= 4 is 63.3 Å². The van der Waals surface area contributed by atoms with Crippen molar-refractivity contribution in [2.45, 2.75) is 5.92 Å². The SMILES string of the molecule is COC(=O)/C(=N/NC(=S)NN)C(C(=O)C(=O)Nc1ccccc1C(N)=O)c1nc2ccccc2[nH]c1=O. The molecule has 1 atom stereocenters. The van der Waals surface area contributed by atoms with E-state index in [9.17, 15) is 24.0 Å². The normalized spacial score (nSPS) is 11.8. The molecule has 37 heavy (non-hydrogen) atoms. The lowest BCUT2D eigenvalue weighted by Crippen LogP contribution is -2.42. The van der Waals surface area contributed by atoms with Crippen LogP contribution in [-0.2, 0) is 19.1 Å². The van der Waals surface area contributed by atoms with Crippen LogP contribution in [0.4, 0.5) is 5.69 Å². The van der Waals surface area contributed by atoms with Crippen LogP contribution < -0.4 is 33.3 Å². The molecule has 0 saturated heterocycles. The maximum Gasteiger partial charge on any atom is 0.355 e. The van der Waals surface area contributed by atoms with Gasteiger partial charge >= 0.3 is 5.97 Å². The molecule has 2 amide bonds. The molecule has 0 fully saturated rings. The molecule has 14 nitrogen and oxygen atoms in total. The number of anilines is 1. The summed E-state index contributed by atoms with van der Waals surface area (Å²) in [6.45, 7) is 0. The van der Waals surface area contributed by atoms with Gasteiger partial charge in [-0.15, -0.1) is 0 Å². The number of ether oxygens (including phenoxy) is 1. The summed E-state index contributed by atoms with van der Waals surface area (Å²) in [7, 11) is 1.00. The monoisotopic (exact) mass is 524 g/mol. The largest absolute Gasteiger partial charge is 0.464 e. The van der Waals surface area contributed by atoms with Crippen molar-refractivity contribution in [1.82, 2.24) is 20.8 Å². The summed E-state index contributed by atoms with van der Waals surface area (Å²) in [6, 6.07) is 12.1. The number of aromatic nitrogens is 2. The number of thiocarbonyl (C=S) groups is 1. The number of primary amides is 1. The fourth-order valence-corrected chi connectivity index (χ4v) is 3.26. The molecular weight excluding hydrogens is 504 g/mol. The Morgan fingerprint density at radius 3 is 2.46 bits per heavy atom. The van der Waals surface area contributed by atoms with Gasteiger partial charge in [-0.1, -0.05) is 24.3 Å². The number of benzene rings is 2. The first kappa shape index (κ1) is 26.6. The van der Waals surface area contributed by atoms with Crippen LogP contribution in [0.25, 0.3) is 11.0 Å². The van der Waals surface area contributed by atoms with Gasteiger partial charge in [-0.2, -0.15) is 5.10 Å². The molecule has 0 aliphatic heterocycles. The third-order valence-corrected chi connectivity index (χ3v) is 5.11. The van der Waals surface area contributed by atoms with Gasteiger partial charge in [0.15, 0.2) is 5.71 Å². The number of carbonyl (C=O) groups is 4. The molecule has 1 unspecified atom stereocenters. The van der Waals surface area contributed by atoms with Crippen molar-refractivity contribution in [1.29, 1.82) is 0 Å². The average molecular weight is 525 g/mol. The van der Waals surface area contributed by atoms with E-state index in [-0.39, 0.29) is 21.9 Å². The molecule has 1 heterocycles. The zero-order valence-corrected chi connectivity index (χ0v) is 19.9. The van der Waals surface area contributed by atoms with Crippen molar-refractivity contribution in [2.75, 3.05) is 12.4 Å². The number of aromatic amines is 1. The molecule has 1 aromatic heterocycles. The molecule has 8 N–H and O–H groups in total. The van der Waals surface area contributed by atoms with Gasteiger partial charge < -0.3 is 20.8 Å². The Hall–Kier alpha value is -5.02. The number of hydrogen-bond acceptors (Lipinski definition) is 10. The Morgan fingerprint density at radius 1 is 1.11 bits per heavy atom. The van der Waals surface area contributed by atoms with E-state index in [2.05, 4.69) is 31.2 Å². The lowest BCUT2D eigenvalue weighted by atomic mass is 9.93. The number of esters is 1. The van der Waals surface area contributed by atoms with Crippen LogP contribution in [0.3, 0.4) is 0 Å². The number of rotatable bonds is 8. The second-order valence-corrected chi connectivity index (χ2v) is 7.61. The minimum absolute atomic E-state index is 0.0735. The number of nitrogens with two attached hydrogens (primary N) is 2. The quantitative estimate of drug-likeness (QED) is 0.0533. The number of nitrogens with zero attached hydrogens (tertiary/aromatic N) is 2. The van der Waals surface area contributed by atoms with Gasteiger partial charge in [0, 0.05) is 0 Å². The lowest BCUT2D eigenvalue weighted by Gasteiger charge is -2.17. The number of Topliss-reactive ketones (excluding diaryl/α,β-unsaturated/α-hetero) is 1. The minimum atomic E-state index is -1.96. The Labute approximate surface area is 213 Å². The maximum absolute atomic E-state index is 13.5. The summed E-state index contributed by atoms with van der Waals surface area (Å²) in [4.78, 5) is 70.6. The van der Waals surface area contributed by atoms with Gasteiger partial charge in [0.1, 0.15) is 11.6 Å². The molecule has 2 aromatic carbocycles. The van der Waals surface area contributed by atoms with Crippen molar-refractivity contribution in [3.05, 3.63) is 70.1 Å². The van der Waals surface area contributed by atoms with Gasteiger partial charge in [0.05, 0.1) is 29.4 Å². The number of hydrogen-bond donors (Lipinski definition) is 6. The fourth-order valence-electron chi connectivity index (χ4n) is 3.22. The zero-order valence-electron chi connectivity index (χ0n) is 19.1. The summed E-state index contributed by atoms with van der Waals surface area (Å²) in [5.74, 6) is -1.44. The van der Waals surface area contributed by atoms with Crippen molar-refractivity contribution in [2.24, 2.45) is 16.7 Å². The predicted octanol–water partition coefficient (Wildman–Crippen LogP) is -0.820. The van der Waals surface area contributed by atoms with E-state index < -0.39 is 46.4 Å². The van der Waals surface area contributed by atoms with Gasteiger partial charge in [-0.3, -0.25) is 30.0 Å². The minimum Gasteiger partial charge on any atom is -0.464 e. The van der Waals surface area contributed by atoms with Crippen LogP contribution in [0, 0.1) is 0 Å². The van der Waals surface area contributed by atoms with Crippen molar-refractivity contribution in [3.8, 4) is 0 Å². The summed E-state index contributed by atoms with van der Waals surface area (Å²) < 4.78 is 4.72. The third-order valence-electron chi connectivity index (χ3n) is 4.90. The topological polar surface area (TPSA) is 224 Å². The first-order valence-electron chi connectivity index (χ1n) is 10.3. The Balaban J connectivity index is 2.17. The fraction of sp³-hybridized carbons (Fsp3) is 0.0909. The van der Waals surface area contributed by atoms with Gasteiger partial charge in [-0.25, -0.2) is 15.6 Å². The van der Waals surface area contributed by atoms with E-state index in [1.165, 1.54) is 24.3 Å². The second-order valence-electron chi connectivity index (χ2n) is 7.20.